The largest absolute Gasteiger partial charge is 1.00 e. The van der Waals surface area contributed by atoms with Crippen LogP contribution in [0.5, 0.6) is 0 Å². The van der Waals surface area contributed by atoms with Gasteiger partial charge in [0.25, 0.3) is 0 Å². The van der Waals surface area contributed by atoms with Crippen LogP contribution in [0.4, 0.5) is 0 Å². The van der Waals surface area contributed by atoms with Gasteiger partial charge in [-0.3, -0.25) is 0 Å². The second-order valence-electron chi connectivity index (χ2n) is 1.86. The summed E-state index contributed by atoms with van der Waals surface area (Å²) < 4.78 is 4.90. The maximum absolute atomic E-state index is 6.58. The fourth-order valence-corrected chi connectivity index (χ4v) is 0.540. The Morgan fingerprint density at radius 3 is 2.33 bits per heavy atom. The Kier molecular flexibility index (Phi) is 18.3. The normalized spacial score (nSPS) is 14.7. The van der Waals surface area contributed by atoms with E-state index in [9.17, 15) is 0 Å². The summed E-state index contributed by atoms with van der Waals surface area (Å²) in [4.78, 5) is 0. The summed E-state index contributed by atoms with van der Waals surface area (Å²) in [6.45, 7) is 1.55. The first-order valence-corrected chi connectivity index (χ1v) is 2.84. The predicted octanol–water partition coefficient (Wildman–Crippen LogP) is -2.15. The van der Waals surface area contributed by atoms with E-state index in [1.807, 2.05) is 0 Å². The summed E-state index contributed by atoms with van der Waals surface area (Å²) in [6, 6.07) is 0.442. The molecular weight excluding hydrogens is 179 g/mol. The van der Waals surface area contributed by atoms with Gasteiger partial charge in [0.2, 0.25) is 0 Å². The first-order valence-electron chi connectivity index (χ1n) is 2.84. The van der Waals surface area contributed by atoms with Crippen molar-refractivity contribution >= 4 is 6.21 Å². The maximum atomic E-state index is 6.58. The van der Waals surface area contributed by atoms with Crippen LogP contribution >= 0.6 is 0 Å². The zero-order valence-corrected chi connectivity index (χ0v) is 11.2. The van der Waals surface area contributed by atoms with Crippen molar-refractivity contribution in [3.05, 3.63) is 27.1 Å². The molecular formula is C8H15KN2O-2. The van der Waals surface area contributed by atoms with Gasteiger partial charge in [-0.2, -0.15) is 12.4 Å². The molecule has 1 heterocycles. The minimum Gasteiger partial charge on any atom is -0.437 e. The SMILES string of the molecule is N=C[C-]=CNC1COC1.[CH3-].[CH3-].[K+]. The van der Waals surface area contributed by atoms with Gasteiger partial charge >= 0.3 is 51.4 Å². The number of ether oxygens (including phenoxy) is 1. The van der Waals surface area contributed by atoms with E-state index < -0.39 is 0 Å². The van der Waals surface area contributed by atoms with E-state index >= 15 is 0 Å². The van der Waals surface area contributed by atoms with Gasteiger partial charge in [-0.05, 0) is 0 Å². The molecule has 4 heteroatoms. The van der Waals surface area contributed by atoms with E-state index in [-0.39, 0.29) is 66.2 Å². The maximum Gasteiger partial charge on any atom is 1.00 e. The molecule has 1 rings (SSSR count). The van der Waals surface area contributed by atoms with Crippen molar-refractivity contribution < 1.29 is 56.1 Å². The molecule has 0 atom stereocenters. The summed E-state index contributed by atoms with van der Waals surface area (Å²) in [5, 5.41) is 9.59. The number of allylic oxidation sites excluding steroid dienone is 1. The van der Waals surface area contributed by atoms with E-state index in [2.05, 4.69) is 11.4 Å². The third-order valence-corrected chi connectivity index (χ3v) is 1.12. The molecule has 66 valence electrons. The third kappa shape index (κ3) is 7.46. The molecule has 0 aromatic heterocycles. The zero-order chi connectivity index (χ0) is 6.53. The molecule has 0 aromatic carbocycles. The molecule has 0 bridgehead atoms. The Morgan fingerprint density at radius 1 is 1.42 bits per heavy atom. The quantitative estimate of drug-likeness (QED) is 0.306. The molecule has 0 amide bonds. The van der Waals surface area contributed by atoms with Crippen molar-refractivity contribution in [1.29, 1.82) is 5.41 Å². The predicted molar refractivity (Wildman–Crippen MR) is 47.2 cm³/mol. The molecule has 1 saturated heterocycles. The summed E-state index contributed by atoms with van der Waals surface area (Å²) in [6.07, 6.45) is 5.35. The average molecular weight is 194 g/mol. The summed E-state index contributed by atoms with van der Waals surface area (Å²) in [7, 11) is 0. The number of nitrogens with one attached hydrogen (secondary N) is 2. The number of hydrogen-bond acceptors (Lipinski definition) is 3. The smallest absolute Gasteiger partial charge is 0.437 e. The molecule has 0 saturated carbocycles. The van der Waals surface area contributed by atoms with Crippen LogP contribution in [0.3, 0.4) is 0 Å². The van der Waals surface area contributed by atoms with Gasteiger partial charge in [-0.25, -0.2) is 0 Å². The van der Waals surface area contributed by atoms with Gasteiger partial charge in [0.1, 0.15) is 0 Å². The van der Waals surface area contributed by atoms with Crippen molar-refractivity contribution in [3.8, 4) is 0 Å². The molecule has 0 radical (unpaired) electrons. The van der Waals surface area contributed by atoms with E-state index in [1.54, 1.807) is 6.20 Å². The van der Waals surface area contributed by atoms with E-state index in [4.69, 9.17) is 10.1 Å². The molecule has 1 aliphatic heterocycles. The first kappa shape index (κ1) is 18.6. The fourth-order valence-electron chi connectivity index (χ4n) is 0.540. The van der Waals surface area contributed by atoms with Crippen LogP contribution in [0.1, 0.15) is 0 Å². The molecule has 0 aromatic rings. The topological polar surface area (TPSA) is 45.1 Å². The Hall–Kier alpha value is 0.806. The fraction of sp³-hybridized carbons (Fsp3) is 0.375. The zero-order valence-electron chi connectivity index (χ0n) is 8.05. The van der Waals surface area contributed by atoms with Crippen LogP contribution in [0.15, 0.2) is 6.20 Å². The van der Waals surface area contributed by atoms with Gasteiger partial charge in [-0.15, -0.1) is 0 Å². The van der Waals surface area contributed by atoms with Gasteiger partial charge in [-0.1, -0.05) is 0 Å². The van der Waals surface area contributed by atoms with E-state index in [0.29, 0.717) is 6.04 Å². The monoisotopic (exact) mass is 194 g/mol. The van der Waals surface area contributed by atoms with Crippen LogP contribution in [0.2, 0.25) is 0 Å². The standard InChI is InChI=1S/C6H9N2O.2CH3.K/c7-2-1-3-8-6-4-9-5-6;;;/h2-3,6-8H,4-5H2;2*1H3;/q3*-1;+1. The molecule has 0 aliphatic carbocycles. The first-order chi connectivity index (χ1) is 4.43. The van der Waals surface area contributed by atoms with Gasteiger partial charge in [0.15, 0.2) is 0 Å². The molecule has 12 heavy (non-hydrogen) atoms. The molecule has 3 nitrogen and oxygen atoms in total. The Balaban J connectivity index is -0.000000270. The Morgan fingerprint density at radius 2 is 2.00 bits per heavy atom. The minimum atomic E-state index is 0. The van der Waals surface area contributed by atoms with Gasteiger partial charge in [0, 0.05) is 0 Å². The second kappa shape index (κ2) is 11.8. The van der Waals surface area contributed by atoms with Crippen LogP contribution < -0.4 is 56.7 Å². The van der Waals surface area contributed by atoms with Crippen LogP contribution in [-0.2, 0) is 4.74 Å². The van der Waals surface area contributed by atoms with Crippen LogP contribution in [0, 0.1) is 26.3 Å². The minimum absolute atomic E-state index is 0. The molecule has 1 fully saturated rings. The van der Waals surface area contributed by atoms with Crippen molar-refractivity contribution in [1.82, 2.24) is 5.32 Å². The van der Waals surface area contributed by atoms with E-state index in [1.165, 1.54) is 0 Å². The van der Waals surface area contributed by atoms with Crippen LogP contribution in [-0.4, -0.2) is 25.5 Å². The summed E-state index contributed by atoms with van der Waals surface area (Å²) in [5.41, 5.74) is 0. The molecule has 0 unspecified atom stereocenters. The molecule has 1 aliphatic rings. The Bertz CT molecular complexity index is 124. The van der Waals surface area contributed by atoms with Crippen LogP contribution in [0.25, 0.3) is 0 Å². The number of hydrogen-bond donors (Lipinski definition) is 2. The molecule has 0 spiro atoms. The number of rotatable bonds is 3. The van der Waals surface area contributed by atoms with Crippen molar-refractivity contribution in [2.75, 3.05) is 13.2 Å². The second-order valence-corrected chi connectivity index (χ2v) is 1.86. The van der Waals surface area contributed by atoms with Crippen molar-refractivity contribution in [2.24, 2.45) is 0 Å². The van der Waals surface area contributed by atoms with Crippen molar-refractivity contribution in [3.63, 3.8) is 0 Å². The third-order valence-electron chi connectivity index (χ3n) is 1.12. The molecule has 2 N–H and O–H groups in total. The summed E-state index contributed by atoms with van der Waals surface area (Å²) in [5.74, 6) is 0. The van der Waals surface area contributed by atoms with Crippen molar-refractivity contribution in [2.45, 2.75) is 6.04 Å². The van der Waals surface area contributed by atoms with Gasteiger partial charge in [0.05, 0.1) is 19.3 Å². The van der Waals surface area contributed by atoms with E-state index in [0.717, 1.165) is 19.4 Å². The van der Waals surface area contributed by atoms with Gasteiger partial charge < -0.3 is 36.4 Å². The average Bonchev–Trinajstić information content (AvgIpc) is 1.76. The Labute approximate surface area is 118 Å². The summed E-state index contributed by atoms with van der Waals surface area (Å²) >= 11 is 0.